The van der Waals surface area contributed by atoms with Crippen LogP contribution in [-0.4, -0.2) is 35.6 Å². The molecule has 0 N–H and O–H groups in total. The van der Waals surface area contributed by atoms with Gasteiger partial charge in [0.1, 0.15) is 0 Å². The molecule has 0 aromatic heterocycles. The Morgan fingerprint density at radius 3 is 3.00 bits per heavy atom. The highest BCUT2D eigenvalue weighted by molar-refractivity contribution is 5.85. The number of morpholine rings is 1. The van der Waals surface area contributed by atoms with Gasteiger partial charge in [-0.3, -0.25) is 15.0 Å². The summed E-state index contributed by atoms with van der Waals surface area (Å²) in [6.07, 6.45) is 0.938. The number of non-ortho nitro benzene ring substituents is 1. The number of benzene rings is 1. The minimum atomic E-state index is -0.328. The van der Waals surface area contributed by atoms with Gasteiger partial charge < -0.3 is 4.74 Å². The lowest BCUT2D eigenvalue weighted by Crippen LogP contribution is -2.48. The van der Waals surface area contributed by atoms with Crippen LogP contribution in [0.25, 0.3) is 0 Å². The Morgan fingerprint density at radius 2 is 2.22 bits per heavy atom. The zero-order chi connectivity index (χ0) is 11.8. The quantitative estimate of drug-likeness (QED) is 0.576. The molecule has 2 aliphatic rings. The van der Waals surface area contributed by atoms with Crippen molar-refractivity contribution in [1.29, 1.82) is 0 Å². The smallest absolute Gasteiger partial charge is 0.269 e. The van der Waals surface area contributed by atoms with Gasteiger partial charge in [-0.25, -0.2) is 0 Å². The van der Waals surface area contributed by atoms with E-state index < -0.39 is 0 Å². The van der Waals surface area contributed by atoms with Crippen LogP contribution in [-0.2, 0) is 17.7 Å². The van der Waals surface area contributed by atoms with Crippen LogP contribution in [0.4, 0.5) is 5.69 Å². The maximum Gasteiger partial charge on any atom is 0.269 e. The number of fused-ring (bicyclic) bond motifs is 2. The summed E-state index contributed by atoms with van der Waals surface area (Å²) in [6.45, 7) is 3.27. The first kappa shape index (κ1) is 13.3. The van der Waals surface area contributed by atoms with Gasteiger partial charge in [-0.2, -0.15) is 0 Å². The molecule has 0 bridgehead atoms. The lowest BCUT2D eigenvalue weighted by molar-refractivity contribution is -0.385. The minimum Gasteiger partial charge on any atom is -0.378 e. The monoisotopic (exact) mass is 270 g/mol. The Balaban J connectivity index is 0.00000120. The molecule has 18 heavy (non-hydrogen) atoms. The van der Waals surface area contributed by atoms with Crippen LogP contribution in [0.5, 0.6) is 0 Å². The molecule has 1 unspecified atom stereocenters. The third kappa shape index (κ3) is 2.34. The van der Waals surface area contributed by atoms with Gasteiger partial charge in [-0.15, -0.1) is 12.4 Å². The molecule has 0 saturated carbocycles. The number of nitro groups is 1. The molecule has 6 heteroatoms. The van der Waals surface area contributed by atoms with Gasteiger partial charge in [0.05, 0.1) is 18.1 Å². The fourth-order valence-corrected chi connectivity index (χ4v) is 2.63. The Morgan fingerprint density at radius 1 is 1.39 bits per heavy atom. The first-order valence-corrected chi connectivity index (χ1v) is 5.82. The molecule has 1 fully saturated rings. The molecule has 2 heterocycles. The van der Waals surface area contributed by atoms with Crippen molar-refractivity contribution < 1.29 is 9.66 Å². The average Bonchev–Trinajstić information content (AvgIpc) is 2.35. The predicted octanol–water partition coefficient (Wildman–Crippen LogP) is 1.77. The third-order valence-corrected chi connectivity index (χ3v) is 3.58. The number of ether oxygens (including phenoxy) is 1. The Bertz CT molecular complexity index is 467. The molecule has 0 aliphatic carbocycles. The van der Waals surface area contributed by atoms with E-state index in [9.17, 15) is 10.1 Å². The summed E-state index contributed by atoms with van der Waals surface area (Å²) in [4.78, 5) is 12.8. The van der Waals surface area contributed by atoms with Gasteiger partial charge in [-0.05, 0) is 17.5 Å². The SMILES string of the molecule is Cl.O=[N+]([O-])c1ccc2c(c1)CN1CCOCC1C2. The summed E-state index contributed by atoms with van der Waals surface area (Å²) >= 11 is 0. The zero-order valence-corrected chi connectivity index (χ0v) is 10.7. The third-order valence-electron chi connectivity index (χ3n) is 3.58. The van der Waals surface area contributed by atoms with Crippen molar-refractivity contribution >= 4 is 18.1 Å². The van der Waals surface area contributed by atoms with Crippen molar-refractivity contribution in [3.63, 3.8) is 0 Å². The number of nitro benzene ring substituents is 1. The topological polar surface area (TPSA) is 55.6 Å². The second-order valence-electron chi connectivity index (χ2n) is 4.61. The molecular formula is C12H15ClN2O3. The van der Waals surface area contributed by atoms with E-state index in [1.807, 2.05) is 6.07 Å². The molecule has 3 rings (SSSR count). The molecule has 1 aromatic carbocycles. The lowest BCUT2D eigenvalue weighted by Gasteiger charge is -2.39. The Kier molecular flexibility index (Phi) is 3.85. The molecule has 2 aliphatic heterocycles. The number of nitrogens with zero attached hydrogens (tertiary/aromatic N) is 2. The van der Waals surface area contributed by atoms with E-state index in [-0.39, 0.29) is 23.0 Å². The van der Waals surface area contributed by atoms with Crippen LogP contribution in [0.1, 0.15) is 11.1 Å². The molecule has 0 radical (unpaired) electrons. The van der Waals surface area contributed by atoms with Crippen molar-refractivity contribution in [3.05, 3.63) is 39.4 Å². The van der Waals surface area contributed by atoms with Crippen LogP contribution >= 0.6 is 12.4 Å². The highest BCUT2D eigenvalue weighted by atomic mass is 35.5. The van der Waals surface area contributed by atoms with E-state index in [2.05, 4.69) is 4.90 Å². The summed E-state index contributed by atoms with van der Waals surface area (Å²) in [5, 5.41) is 10.7. The summed E-state index contributed by atoms with van der Waals surface area (Å²) in [6, 6.07) is 5.64. The van der Waals surface area contributed by atoms with Gasteiger partial charge in [-0.1, -0.05) is 6.07 Å². The molecule has 5 nitrogen and oxygen atoms in total. The van der Waals surface area contributed by atoms with E-state index in [0.29, 0.717) is 6.04 Å². The van der Waals surface area contributed by atoms with Crippen LogP contribution in [0, 0.1) is 10.1 Å². The molecule has 0 amide bonds. The van der Waals surface area contributed by atoms with Gasteiger partial charge in [0.15, 0.2) is 0 Å². The van der Waals surface area contributed by atoms with Gasteiger partial charge in [0, 0.05) is 31.3 Å². The molecular weight excluding hydrogens is 256 g/mol. The molecule has 1 aromatic rings. The first-order chi connectivity index (χ1) is 8.24. The number of rotatable bonds is 1. The lowest BCUT2D eigenvalue weighted by atomic mass is 9.93. The first-order valence-electron chi connectivity index (χ1n) is 5.82. The number of halogens is 1. The van der Waals surface area contributed by atoms with Crippen LogP contribution < -0.4 is 0 Å². The summed E-state index contributed by atoms with van der Waals surface area (Å²) in [7, 11) is 0. The fourth-order valence-electron chi connectivity index (χ4n) is 2.63. The molecule has 1 atom stereocenters. The normalized spacial score (nSPS) is 22.6. The largest absolute Gasteiger partial charge is 0.378 e. The Labute approximate surface area is 111 Å². The van der Waals surface area contributed by atoms with E-state index >= 15 is 0 Å². The van der Waals surface area contributed by atoms with Crippen LogP contribution in [0.15, 0.2) is 18.2 Å². The molecule has 98 valence electrons. The molecule has 0 spiro atoms. The van der Waals surface area contributed by atoms with Crippen molar-refractivity contribution in [2.24, 2.45) is 0 Å². The van der Waals surface area contributed by atoms with Crippen LogP contribution in [0.3, 0.4) is 0 Å². The Hall–Kier alpha value is -1.17. The second kappa shape index (κ2) is 5.22. The van der Waals surface area contributed by atoms with Crippen LogP contribution in [0.2, 0.25) is 0 Å². The van der Waals surface area contributed by atoms with Crippen molar-refractivity contribution in [2.75, 3.05) is 19.8 Å². The summed E-state index contributed by atoms with van der Waals surface area (Å²) in [5.41, 5.74) is 2.51. The van der Waals surface area contributed by atoms with Crippen molar-refractivity contribution in [1.82, 2.24) is 4.90 Å². The van der Waals surface area contributed by atoms with Gasteiger partial charge in [0.25, 0.3) is 5.69 Å². The standard InChI is InChI=1S/C12H14N2O3.ClH/c15-14(16)11-2-1-9-5-12-8-17-4-3-13(12)7-10(9)6-11;/h1-2,6,12H,3-5,7-8H2;1H. The minimum absolute atomic E-state index is 0. The average molecular weight is 271 g/mol. The second-order valence-corrected chi connectivity index (χ2v) is 4.61. The fraction of sp³-hybridized carbons (Fsp3) is 0.500. The summed E-state index contributed by atoms with van der Waals surface area (Å²) in [5.74, 6) is 0. The maximum atomic E-state index is 10.7. The highest BCUT2D eigenvalue weighted by Gasteiger charge is 2.29. The maximum absolute atomic E-state index is 10.7. The van der Waals surface area contributed by atoms with E-state index in [0.717, 1.165) is 38.3 Å². The summed E-state index contributed by atoms with van der Waals surface area (Å²) < 4.78 is 5.47. The zero-order valence-electron chi connectivity index (χ0n) is 9.87. The predicted molar refractivity (Wildman–Crippen MR) is 69.1 cm³/mol. The van der Waals surface area contributed by atoms with Gasteiger partial charge >= 0.3 is 0 Å². The number of hydrogen-bond acceptors (Lipinski definition) is 4. The van der Waals surface area contributed by atoms with Crippen molar-refractivity contribution in [3.8, 4) is 0 Å². The highest BCUT2D eigenvalue weighted by Crippen LogP contribution is 2.28. The van der Waals surface area contributed by atoms with E-state index in [4.69, 9.17) is 4.74 Å². The van der Waals surface area contributed by atoms with E-state index in [1.54, 1.807) is 12.1 Å². The molecule has 1 saturated heterocycles. The van der Waals surface area contributed by atoms with E-state index in [1.165, 1.54) is 5.56 Å². The van der Waals surface area contributed by atoms with Gasteiger partial charge in [0.2, 0.25) is 0 Å². The number of hydrogen-bond donors (Lipinski definition) is 0. The van der Waals surface area contributed by atoms with Crippen molar-refractivity contribution in [2.45, 2.75) is 19.0 Å².